The molecule has 0 aliphatic carbocycles. The van der Waals surface area contributed by atoms with Crippen LogP contribution in [0, 0.1) is 12.3 Å². The van der Waals surface area contributed by atoms with Gasteiger partial charge in [-0.3, -0.25) is 0 Å². The van der Waals surface area contributed by atoms with Gasteiger partial charge >= 0.3 is 0 Å². The zero-order chi connectivity index (χ0) is 13.1. The molecule has 0 saturated carbocycles. The molecule has 0 aliphatic rings. The molecule has 1 N–H and O–H groups in total. The second-order valence-electron chi connectivity index (χ2n) is 5.92. The molecule has 1 atom stereocenters. The lowest BCUT2D eigenvalue weighted by Crippen LogP contribution is -2.19. The van der Waals surface area contributed by atoms with E-state index in [1.807, 2.05) is 7.05 Å². The molecule has 96 valence electrons. The lowest BCUT2D eigenvalue weighted by atomic mass is 9.87. The van der Waals surface area contributed by atoms with Crippen LogP contribution in [0.5, 0.6) is 0 Å². The molecule has 1 aromatic rings. The average Bonchev–Trinajstić information content (AvgIpc) is 2.23. The van der Waals surface area contributed by atoms with Crippen LogP contribution in [0.25, 0.3) is 0 Å². The van der Waals surface area contributed by atoms with Crippen LogP contribution in [0.15, 0.2) is 18.2 Å². The number of aryl methyl sites for hydroxylation is 1. The van der Waals surface area contributed by atoms with E-state index in [1.54, 1.807) is 0 Å². The first kappa shape index (κ1) is 14.5. The summed E-state index contributed by atoms with van der Waals surface area (Å²) in [6, 6.07) is 6.61. The molecule has 17 heavy (non-hydrogen) atoms. The summed E-state index contributed by atoms with van der Waals surface area (Å²) in [4.78, 5) is 0. The Morgan fingerprint density at radius 3 is 2.47 bits per heavy atom. The SMILES string of the molecule is CNC(CCC(C)(C)C)c1cccc(C)c1Cl. The Bertz CT molecular complexity index is 366. The highest BCUT2D eigenvalue weighted by atomic mass is 35.5. The van der Waals surface area contributed by atoms with Crippen molar-refractivity contribution in [2.24, 2.45) is 5.41 Å². The largest absolute Gasteiger partial charge is 0.313 e. The molecule has 0 aliphatic heterocycles. The van der Waals surface area contributed by atoms with Crippen LogP contribution in [0.3, 0.4) is 0 Å². The standard InChI is InChI=1S/C15H24ClN/c1-11-7-6-8-12(14(11)16)13(17-5)9-10-15(2,3)4/h6-8,13,17H,9-10H2,1-5H3. The van der Waals surface area contributed by atoms with E-state index in [-0.39, 0.29) is 0 Å². The zero-order valence-corrected chi connectivity index (χ0v) is 12.4. The van der Waals surface area contributed by atoms with Gasteiger partial charge in [0, 0.05) is 11.1 Å². The normalized spacial score (nSPS) is 13.8. The molecular weight excluding hydrogens is 230 g/mol. The van der Waals surface area contributed by atoms with Gasteiger partial charge < -0.3 is 5.32 Å². The zero-order valence-electron chi connectivity index (χ0n) is 11.6. The van der Waals surface area contributed by atoms with Crippen LogP contribution in [0.4, 0.5) is 0 Å². The summed E-state index contributed by atoms with van der Waals surface area (Å²) in [5, 5.41) is 4.28. The molecule has 0 bridgehead atoms. The van der Waals surface area contributed by atoms with Gasteiger partial charge in [-0.1, -0.05) is 50.6 Å². The molecule has 0 heterocycles. The topological polar surface area (TPSA) is 12.0 Å². The first-order valence-corrected chi connectivity index (χ1v) is 6.65. The Morgan fingerprint density at radius 2 is 1.94 bits per heavy atom. The molecule has 0 fully saturated rings. The van der Waals surface area contributed by atoms with Gasteiger partial charge in [0.1, 0.15) is 0 Å². The third-order valence-electron chi connectivity index (χ3n) is 3.13. The summed E-state index contributed by atoms with van der Waals surface area (Å²) in [5.41, 5.74) is 2.74. The minimum absolute atomic E-state index is 0.349. The second kappa shape index (κ2) is 5.88. The monoisotopic (exact) mass is 253 g/mol. The number of nitrogens with one attached hydrogen (secondary N) is 1. The van der Waals surface area contributed by atoms with Gasteiger partial charge in [-0.25, -0.2) is 0 Å². The van der Waals surface area contributed by atoms with Gasteiger partial charge in [0.25, 0.3) is 0 Å². The molecule has 1 rings (SSSR count). The molecule has 2 heteroatoms. The van der Waals surface area contributed by atoms with Crippen molar-refractivity contribution in [3.63, 3.8) is 0 Å². The van der Waals surface area contributed by atoms with Crippen LogP contribution in [-0.2, 0) is 0 Å². The first-order chi connectivity index (χ1) is 7.85. The quantitative estimate of drug-likeness (QED) is 0.818. The predicted molar refractivity (Wildman–Crippen MR) is 76.7 cm³/mol. The fourth-order valence-electron chi connectivity index (χ4n) is 1.97. The summed E-state index contributed by atoms with van der Waals surface area (Å²) >= 11 is 6.38. The Hall–Kier alpha value is -0.530. The molecule has 1 aromatic carbocycles. The van der Waals surface area contributed by atoms with Crippen molar-refractivity contribution in [1.82, 2.24) is 5.32 Å². The first-order valence-electron chi connectivity index (χ1n) is 6.27. The van der Waals surface area contributed by atoms with Gasteiger partial charge in [-0.2, -0.15) is 0 Å². The predicted octanol–water partition coefficient (Wildman–Crippen LogP) is 4.74. The van der Waals surface area contributed by atoms with Gasteiger partial charge in [-0.05, 0) is 43.4 Å². The highest BCUT2D eigenvalue weighted by molar-refractivity contribution is 6.32. The van der Waals surface area contributed by atoms with Gasteiger partial charge in [-0.15, -0.1) is 0 Å². The molecule has 0 amide bonds. The summed E-state index contributed by atoms with van der Waals surface area (Å²) in [7, 11) is 2.01. The van der Waals surface area contributed by atoms with Gasteiger partial charge in [0.15, 0.2) is 0 Å². The van der Waals surface area contributed by atoms with Crippen molar-refractivity contribution < 1.29 is 0 Å². The Labute approximate surface area is 111 Å². The molecule has 0 spiro atoms. The summed E-state index contributed by atoms with van der Waals surface area (Å²) < 4.78 is 0. The fraction of sp³-hybridized carbons (Fsp3) is 0.600. The maximum absolute atomic E-state index is 6.38. The number of halogens is 1. The molecule has 0 aromatic heterocycles. The molecular formula is C15H24ClN. The highest BCUT2D eigenvalue weighted by Gasteiger charge is 2.17. The average molecular weight is 254 g/mol. The number of rotatable bonds is 4. The lowest BCUT2D eigenvalue weighted by Gasteiger charge is -2.24. The van der Waals surface area contributed by atoms with E-state index in [2.05, 4.69) is 51.2 Å². The van der Waals surface area contributed by atoms with Crippen molar-refractivity contribution in [2.75, 3.05) is 7.05 Å². The minimum atomic E-state index is 0.349. The smallest absolute Gasteiger partial charge is 0.0482 e. The van der Waals surface area contributed by atoms with Crippen LogP contribution < -0.4 is 5.32 Å². The fourth-order valence-corrected chi connectivity index (χ4v) is 2.23. The maximum Gasteiger partial charge on any atom is 0.0482 e. The minimum Gasteiger partial charge on any atom is -0.313 e. The van der Waals surface area contributed by atoms with Crippen molar-refractivity contribution in [3.8, 4) is 0 Å². The number of hydrogen-bond donors (Lipinski definition) is 1. The lowest BCUT2D eigenvalue weighted by molar-refractivity contribution is 0.338. The van der Waals surface area contributed by atoms with Gasteiger partial charge in [0.2, 0.25) is 0 Å². The van der Waals surface area contributed by atoms with Crippen molar-refractivity contribution in [1.29, 1.82) is 0 Å². The van der Waals surface area contributed by atoms with Crippen LogP contribution in [-0.4, -0.2) is 7.05 Å². The van der Waals surface area contributed by atoms with E-state index in [9.17, 15) is 0 Å². The third kappa shape index (κ3) is 4.33. The number of benzene rings is 1. The van der Waals surface area contributed by atoms with Crippen molar-refractivity contribution in [3.05, 3.63) is 34.3 Å². The second-order valence-corrected chi connectivity index (χ2v) is 6.30. The molecule has 1 nitrogen and oxygen atoms in total. The molecule has 0 radical (unpaired) electrons. The van der Waals surface area contributed by atoms with E-state index in [4.69, 9.17) is 11.6 Å². The summed E-state index contributed by atoms with van der Waals surface area (Å²) in [6.07, 6.45) is 2.30. The van der Waals surface area contributed by atoms with Gasteiger partial charge in [0.05, 0.1) is 0 Å². The van der Waals surface area contributed by atoms with E-state index in [1.165, 1.54) is 12.0 Å². The van der Waals surface area contributed by atoms with Crippen molar-refractivity contribution >= 4 is 11.6 Å². The Balaban J connectivity index is 2.83. The van der Waals surface area contributed by atoms with E-state index in [0.29, 0.717) is 11.5 Å². The van der Waals surface area contributed by atoms with Crippen LogP contribution >= 0.6 is 11.6 Å². The van der Waals surface area contributed by atoms with E-state index >= 15 is 0 Å². The highest BCUT2D eigenvalue weighted by Crippen LogP contribution is 2.31. The van der Waals surface area contributed by atoms with E-state index in [0.717, 1.165) is 17.0 Å². The maximum atomic E-state index is 6.38. The third-order valence-corrected chi connectivity index (χ3v) is 3.64. The Kier molecular flexibility index (Phi) is 5.03. The van der Waals surface area contributed by atoms with E-state index < -0.39 is 0 Å². The van der Waals surface area contributed by atoms with Crippen LogP contribution in [0.1, 0.15) is 50.8 Å². The summed E-state index contributed by atoms with van der Waals surface area (Å²) in [5.74, 6) is 0. The Morgan fingerprint density at radius 1 is 1.29 bits per heavy atom. The molecule has 0 saturated heterocycles. The molecule has 1 unspecified atom stereocenters. The van der Waals surface area contributed by atoms with Crippen molar-refractivity contribution in [2.45, 2.75) is 46.6 Å². The number of hydrogen-bond acceptors (Lipinski definition) is 1. The summed E-state index contributed by atoms with van der Waals surface area (Å²) in [6.45, 7) is 8.88. The van der Waals surface area contributed by atoms with Crippen LogP contribution in [0.2, 0.25) is 5.02 Å².